The number of likely N-dealkylation sites (tertiary alicyclic amines) is 1. The van der Waals surface area contributed by atoms with Crippen LogP contribution in [0.25, 0.3) is 0 Å². The molecular formula is C24H29FN4O2. The van der Waals surface area contributed by atoms with Crippen LogP contribution in [0.5, 0.6) is 0 Å². The monoisotopic (exact) mass is 424 g/mol. The van der Waals surface area contributed by atoms with Gasteiger partial charge in [-0.05, 0) is 50.1 Å². The summed E-state index contributed by atoms with van der Waals surface area (Å²) in [6.45, 7) is 5.30. The van der Waals surface area contributed by atoms with Gasteiger partial charge in [-0.2, -0.15) is 0 Å². The molecule has 3 amide bonds. The third kappa shape index (κ3) is 4.56. The molecule has 1 N–H and O–H groups in total. The van der Waals surface area contributed by atoms with E-state index in [0.29, 0.717) is 37.3 Å². The largest absolute Gasteiger partial charge is 0.337 e. The zero-order valence-electron chi connectivity index (χ0n) is 18.1. The highest BCUT2D eigenvalue weighted by Gasteiger charge is 2.28. The van der Waals surface area contributed by atoms with Crippen molar-refractivity contribution in [1.29, 1.82) is 0 Å². The Morgan fingerprint density at radius 1 is 1.23 bits per heavy atom. The molecule has 0 unspecified atom stereocenters. The van der Waals surface area contributed by atoms with Crippen molar-refractivity contribution in [3.05, 3.63) is 65.0 Å². The fourth-order valence-corrected chi connectivity index (χ4v) is 4.46. The molecule has 4 rings (SSSR count). The molecule has 0 radical (unpaired) electrons. The van der Waals surface area contributed by atoms with Crippen LogP contribution in [0.4, 0.5) is 14.9 Å². The molecule has 2 aromatic rings. The molecule has 2 aliphatic rings. The minimum atomic E-state index is -0.188. The molecule has 31 heavy (non-hydrogen) atoms. The van der Waals surface area contributed by atoms with Gasteiger partial charge in [-0.15, -0.1) is 0 Å². The van der Waals surface area contributed by atoms with Crippen LogP contribution in [0.2, 0.25) is 0 Å². The molecule has 0 aliphatic carbocycles. The van der Waals surface area contributed by atoms with Gasteiger partial charge in [-0.25, -0.2) is 9.18 Å². The van der Waals surface area contributed by atoms with E-state index in [1.165, 1.54) is 6.07 Å². The second-order valence-electron chi connectivity index (χ2n) is 8.42. The Morgan fingerprint density at radius 3 is 2.77 bits per heavy atom. The van der Waals surface area contributed by atoms with E-state index < -0.39 is 0 Å². The number of halogens is 1. The molecule has 2 saturated heterocycles. The molecule has 0 aromatic heterocycles. The fraction of sp³-hybridized carbons (Fsp3) is 0.417. The predicted molar refractivity (Wildman–Crippen MR) is 119 cm³/mol. The van der Waals surface area contributed by atoms with E-state index in [4.69, 9.17) is 0 Å². The second kappa shape index (κ2) is 9.06. The normalized spacial score (nSPS) is 19.4. The first-order chi connectivity index (χ1) is 14.9. The second-order valence-corrected chi connectivity index (χ2v) is 8.42. The zero-order chi connectivity index (χ0) is 22.0. The SMILES string of the molecule is Cc1ccc(C(=O)N(C)[C@H]2CCCN(Cc3ccccc3F)C2)cc1N1CCNC1=O. The predicted octanol–water partition coefficient (Wildman–Crippen LogP) is 3.40. The maximum absolute atomic E-state index is 14.1. The van der Waals surface area contributed by atoms with Gasteiger partial charge in [-0.1, -0.05) is 24.3 Å². The van der Waals surface area contributed by atoms with Crippen molar-refractivity contribution in [2.75, 3.05) is 38.1 Å². The molecule has 0 saturated carbocycles. The van der Waals surface area contributed by atoms with Crippen LogP contribution in [0.1, 0.15) is 34.3 Å². The lowest BCUT2D eigenvalue weighted by Gasteiger charge is -2.38. The number of nitrogens with one attached hydrogen (secondary N) is 1. The zero-order valence-corrected chi connectivity index (χ0v) is 18.1. The third-order valence-corrected chi connectivity index (χ3v) is 6.30. The van der Waals surface area contributed by atoms with Gasteiger partial charge < -0.3 is 10.2 Å². The summed E-state index contributed by atoms with van der Waals surface area (Å²) in [5.41, 5.74) is 3.00. The number of benzene rings is 2. The molecule has 1 atom stereocenters. The Hall–Kier alpha value is -2.93. The molecule has 6 nitrogen and oxygen atoms in total. The molecule has 164 valence electrons. The van der Waals surface area contributed by atoms with Gasteiger partial charge in [0.05, 0.1) is 0 Å². The van der Waals surface area contributed by atoms with Crippen LogP contribution < -0.4 is 10.2 Å². The van der Waals surface area contributed by atoms with E-state index in [9.17, 15) is 14.0 Å². The van der Waals surface area contributed by atoms with Crippen molar-refractivity contribution in [3.63, 3.8) is 0 Å². The number of piperidine rings is 1. The van der Waals surface area contributed by atoms with Crippen molar-refractivity contribution < 1.29 is 14.0 Å². The van der Waals surface area contributed by atoms with Crippen LogP contribution in [0.3, 0.4) is 0 Å². The lowest BCUT2D eigenvalue weighted by Crippen LogP contribution is -2.48. The van der Waals surface area contributed by atoms with E-state index in [1.54, 1.807) is 15.9 Å². The van der Waals surface area contributed by atoms with E-state index in [1.807, 2.05) is 44.3 Å². The number of hydrogen-bond donors (Lipinski definition) is 1. The number of hydrogen-bond acceptors (Lipinski definition) is 3. The van der Waals surface area contributed by atoms with Gasteiger partial charge in [-0.3, -0.25) is 14.6 Å². The summed E-state index contributed by atoms with van der Waals surface area (Å²) >= 11 is 0. The highest BCUT2D eigenvalue weighted by molar-refractivity contribution is 5.99. The Kier molecular flexibility index (Phi) is 6.23. The summed E-state index contributed by atoms with van der Waals surface area (Å²) in [5, 5.41) is 2.81. The maximum Gasteiger partial charge on any atom is 0.322 e. The molecule has 0 bridgehead atoms. The van der Waals surface area contributed by atoms with Crippen molar-refractivity contribution in [2.45, 2.75) is 32.4 Å². The standard InChI is InChI=1S/C24H29FN4O2/c1-17-9-10-18(14-22(17)29-13-11-26-24(29)31)23(30)27(2)20-7-5-12-28(16-20)15-19-6-3-4-8-21(19)25/h3-4,6,8-10,14,20H,5,7,11-13,15-16H2,1-2H3,(H,26,31)/t20-/m0/s1. The van der Waals surface area contributed by atoms with Crippen molar-refractivity contribution >= 4 is 17.6 Å². The molecule has 2 aliphatic heterocycles. The number of amides is 3. The van der Waals surface area contributed by atoms with Crippen LogP contribution in [-0.2, 0) is 6.54 Å². The van der Waals surface area contributed by atoms with Gasteiger partial charge in [0, 0.05) is 56.1 Å². The molecule has 2 fully saturated rings. The molecule has 7 heteroatoms. The van der Waals surface area contributed by atoms with Gasteiger partial charge in [0.25, 0.3) is 5.91 Å². The van der Waals surface area contributed by atoms with E-state index in [-0.39, 0.29) is 23.8 Å². The molecule has 2 aromatic carbocycles. The number of nitrogens with zero attached hydrogens (tertiary/aromatic N) is 3. The highest BCUT2D eigenvalue weighted by atomic mass is 19.1. The van der Waals surface area contributed by atoms with Gasteiger partial charge in [0.1, 0.15) is 5.82 Å². The van der Waals surface area contributed by atoms with Crippen LogP contribution >= 0.6 is 0 Å². The van der Waals surface area contributed by atoms with E-state index >= 15 is 0 Å². The summed E-state index contributed by atoms with van der Waals surface area (Å²) < 4.78 is 14.1. The number of urea groups is 1. The van der Waals surface area contributed by atoms with Crippen LogP contribution in [0, 0.1) is 12.7 Å². The van der Waals surface area contributed by atoms with Gasteiger partial charge in [0.2, 0.25) is 0 Å². The number of carbonyl (C=O) groups excluding carboxylic acids is 2. The lowest BCUT2D eigenvalue weighted by atomic mass is 10.0. The molecular weight excluding hydrogens is 395 g/mol. The first kappa shape index (κ1) is 21.3. The summed E-state index contributed by atoms with van der Waals surface area (Å²) in [7, 11) is 1.84. The molecule has 2 heterocycles. The topological polar surface area (TPSA) is 55.9 Å². The number of rotatable bonds is 5. The summed E-state index contributed by atoms with van der Waals surface area (Å²) in [5.74, 6) is -0.245. The summed E-state index contributed by atoms with van der Waals surface area (Å²) in [6, 6.07) is 12.3. The number of likely N-dealkylation sites (N-methyl/N-ethyl adjacent to an activating group) is 1. The molecule has 0 spiro atoms. The van der Waals surface area contributed by atoms with Crippen molar-refractivity contribution in [2.24, 2.45) is 0 Å². The van der Waals surface area contributed by atoms with Crippen molar-refractivity contribution in [1.82, 2.24) is 15.1 Å². The average molecular weight is 425 g/mol. The van der Waals surface area contributed by atoms with Crippen LogP contribution in [-0.4, -0.2) is 61.0 Å². The Morgan fingerprint density at radius 2 is 2.03 bits per heavy atom. The number of aryl methyl sites for hydroxylation is 1. The van der Waals surface area contributed by atoms with Gasteiger partial charge in [0.15, 0.2) is 0 Å². The summed E-state index contributed by atoms with van der Waals surface area (Å²) in [4.78, 5) is 31.0. The Labute approximate surface area is 182 Å². The Balaban J connectivity index is 1.46. The maximum atomic E-state index is 14.1. The van der Waals surface area contributed by atoms with E-state index in [0.717, 1.165) is 30.6 Å². The smallest absolute Gasteiger partial charge is 0.322 e. The lowest BCUT2D eigenvalue weighted by molar-refractivity contribution is 0.0608. The first-order valence-electron chi connectivity index (χ1n) is 10.8. The Bertz CT molecular complexity index is 980. The van der Waals surface area contributed by atoms with Crippen LogP contribution in [0.15, 0.2) is 42.5 Å². The van der Waals surface area contributed by atoms with Crippen molar-refractivity contribution in [3.8, 4) is 0 Å². The minimum absolute atomic E-state index is 0.0569. The number of anilines is 1. The van der Waals surface area contributed by atoms with Gasteiger partial charge >= 0.3 is 6.03 Å². The average Bonchev–Trinajstić information content (AvgIpc) is 3.20. The first-order valence-corrected chi connectivity index (χ1v) is 10.8. The third-order valence-electron chi connectivity index (χ3n) is 6.30. The fourth-order valence-electron chi connectivity index (χ4n) is 4.46. The van der Waals surface area contributed by atoms with E-state index in [2.05, 4.69) is 10.2 Å². The highest BCUT2D eigenvalue weighted by Crippen LogP contribution is 2.25. The quantitative estimate of drug-likeness (QED) is 0.801. The number of carbonyl (C=O) groups is 2. The minimum Gasteiger partial charge on any atom is -0.337 e. The summed E-state index contributed by atoms with van der Waals surface area (Å²) in [6.07, 6.45) is 1.88.